The van der Waals surface area contributed by atoms with Crippen LogP contribution in [0, 0.1) is 17.8 Å². The van der Waals surface area contributed by atoms with E-state index in [0.29, 0.717) is 32.4 Å². The molecule has 1 aromatic rings. The third kappa shape index (κ3) is 15.5. The van der Waals surface area contributed by atoms with E-state index in [1.807, 2.05) is 43.9 Å². The highest BCUT2D eigenvalue weighted by atomic mass is 16.7. The molecule has 66 heavy (non-hydrogen) atoms. The van der Waals surface area contributed by atoms with Gasteiger partial charge in [-0.05, 0) is 104 Å². The number of aliphatic hydroxyl groups excluding tert-OH is 3. The van der Waals surface area contributed by atoms with Gasteiger partial charge < -0.3 is 63.1 Å². The van der Waals surface area contributed by atoms with Gasteiger partial charge in [-0.3, -0.25) is 14.4 Å². The summed E-state index contributed by atoms with van der Waals surface area (Å²) in [7, 11) is 5.01. The summed E-state index contributed by atoms with van der Waals surface area (Å²) in [5.74, 6) is -3.30. The van der Waals surface area contributed by atoms with E-state index >= 15 is 0 Å². The van der Waals surface area contributed by atoms with Crippen LogP contribution in [-0.4, -0.2) is 169 Å². The number of hydrogen-bond acceptors (Lipinski definition) is 16. The van der Waals surface area contributed by atoms with E-state index in [1.165, 1.54) is 12.7 Å². The Bertz CT molecular complexity index is 1640. The molecule has 0 bridgehead atoms. The van der Waals surface area contributed by atoms with E-state index in [0.717, 1.165) is 32.1 Å². The van der Waals surface area contributed by atoms with Gasteiger partial charge in [-0.2, -0.15) is 0 Å². The van der Waals surface area contributed by atoms with E-state index in [4.69, 9.17) is 33.2 Å². The van der Waals surface area contributed by atoms with Gasteiger partial charge in [-0.25, -0.2) is 0 Å². The molecule has 0 saturated carbocycles. The van der Waals surface area contributed by atoms with E-state index in [9.17, 15) is 34.5 Å². The molecule has 3 saturated heterocycles. The number of aryl methyl sites for hydroxylation is 1. The van der Waals surface area contributed by atoms with Crippen molar-refractivity contribution in [3.05, 3.63) is 35.9 Å². The third-order valence-corrected chi connectivity index (χ3v) is 13.8. The van der Waals surface area contributed by atoms with E-state index in [1.54, 1.807) is 41.8 Å². The van der Waals surface area contributed by atoms with Gasteiger partial charge in [0, 0.05) is 51.8 Å². The number of β-amino-alcohol motifs (C(OH)–C–C–N with tert-alkyl or cyclic N) is 1. The Labute approximate surface area is 393 Å². The summed E-state index contributed by atoms with van der Waals surface area (Å²) in [5, 5.41) is 36.3. The Morgan fingerprint density at radius 2 is 1.68 bits per heavy atom. The van der Waals surface area contributed by atoms with Crippen LogP contribution in [0.2, 0.25) is 0 Å². The molecule has 0 amide bonds. The SMILES string of the molecule is CCCC(=O)O[C@H]1[C@H](C)O[C@@H](O[C@H]2[C@H](N(C)C)[C@@H](O)[C@H]([C@H]3[C@@H](CC=O)C[C@@H](C)[C@@H](O)CN(CCCCc4ccccc4)CC[C@@H](C)OC(=O)C[C@@H](O)[C@H]3OC)O[C@@H]2C)C[C@@]1(C)OC(=O)CC. The predicted molar refractivity (Wildman–Crippen MR) is 246 cm³/mol. The van der Waals surface area contributed by atoms with Gasteiger partial charge >= 0.3 is 17.9 Å². The lowest BCUT2D eigenvalue weighted by Crippen LogP contribution is -2.67. The second-order valence-electron chi connectivity index (χ2n) is 19.5. The van der Waals surface area contributed by atoms with Crippen LogP contribution in [0.25, 0.3) is 0 Å². The average Bonchev–Trinajstić information content (AvgIpc) is 3.25. The van der Waals surface area contributed by atoms with Crippen molar-refractivity contribution in [2.45, 2.75) is 198 Å². The number of cyclic esters (lactones) is 1. The molecule has 16 nitrogen and oxygen atoms in total. The highest BCUT2D eigenvalue weighted by Crippen LogP contribution is 2.42. The summed E-state index contributed by atoms with van der Waals surface area (Å²) in [4.78, 5) is 55.5. The minimum Gasteiger partial charge on any atom is -0.463 e. The van der Waals surface area contributed by atoms with Crippen molar-refractivity contribution in [2.75, 3.05) is 40.8 Å². The van der Waals surface area contributed by atoms with Crippen LogP contribution in [0.4, 0.5) is 0 Å². The standard InChI is InChI=1S/C50H82N2O14/c1-11-18-40(57)64-49-34(6)62-42(29-50(49,7)66-39(56)12-2)65-46-33(5)63-48(45(59)44(46)51(8)9)43-36(23-26-53)27-31(3)38(55)30-52(24-17-16-21-35-19-14-13-15-20-35)25-22-32(4)61-41(58)28-37(54)47(43)60-10/h13-15,19-20,26,31-34,36-38,42-49,54-55,59H,11-12,16-18,21-25,27-30H2,1-10H3/t31-,32-,33-,34+,36+,37-,38+,42+,43+,44-,45-,46-,47-,48+,49+,50-/m1/s1. The number of aliphatic hydroxyl groups is 3. The zero-order valence-corrected chi connectivity index (χ0v) is 41.3. The number of likely N-dealkylation sites (N-methyl/N-ethyl adjacent to an activating group) is 1. The molecule has 0 aliphatic carbocycles. The Morgan fingerprint density at radius 3 is 2.32 bits per heavy atom. The molecule has 3 heterocycles. The summed E-state index contributed by atoms with van der Waals surface area (Å²) in [5.41, 5.74) is -0.0358. The molecular formula is C50H82N2O14. The summed E-state index contributed by atoms with van der Waals surface area (Å²) >= 11 is 0. The molecule has 3 aliphatic heterocycles. The normalized spacial score (nSPS) is 36.7. The number of rotatable bonds is 17. The molecule has 16 atom stereocenters. The van der Waals surface area contributed by atoms with Gasteiger partial charge in [-0.15, -0.1) is 0 Å². The summed E-state index contributed by atoms with van der Waals surface area (Å²) in [6.07, 6.45) is -5.39. The molecule has 3 N–H and O–H groups in total. The molecule has 4 rings (SSSR count). The third-order valence-electron chi connectivity index (χ3n) is 13.8. The smallest absolute Gasteiger partial charge is 0.308 e. The average molecular weight is 935 g/mol. The van der Waals surface area contributed by atoms with E-state index in [2.05, 4.69) is 17.0 Å². The highest BCUT2D eigenvalue weighted by Gasteiger charge is 2.56. The first kappa shape index (κ1) is 55.5. The first-order valence-corrected chi connectivity index (χ1v) is 24.4. The van der Waals surface area contributed by atoms with Crippen molar-refractivity contribution in [3.8, 4) is 0 Å². The molecule has 16 heteroatoms. The number of hydrogen-bond donors (Lipinski definition) is 3. The van der Waals surface area contributed by atoms with Gasteiger partial charge in [0.25, 0.3) is 0 Å². The van der Waals surface area contributed by atoms with Gasteiger partial charge in [0.15, 0.2) is 18.0 Å². The molecule has 3 aliphatic rings. The summed E-state index contributed by atoms with van der Waals surface area (Å²) < 4.78 is 43.5. The summed E-state index contributed by atoms with van der Waals surface area (Å²) in [6.45, 7) is 14.2. The van der Waals surface area contributed by atoms with Crippen LogP contribution in [-0.2, 0) is 58.8 Å². The number of unbranched alkanes of at least 4 members (excludes halogenated alkanes) is 1. The fourth-order valence-corrected chi connectivity index (χ4v) is 10.3. The minimum absolute atomic E-state index is 0.000625. The molecular weight excluding hydrogens is 853 g/mol. The van der Waals surface area contributed by atoms with Crippen molar-refractivity contribution >= 4 is 24.2 Å². The number of benzene rings is 1. The number of aldehydes is 1. The zero-order chi connectivity index (χ0) is 48.7. The molecule has 0 spiro atoms. The van der Waals surface area contributed by atoms with Crippen molar-refractivity contribution in [2.24, 2.45) is 17.8 Å². The number of carbonyl (C=O) groups is 4. The molecule has 0 radical (unpaired) electrons. The van der Waals surface area contributed by atoms with Crippen molar-refractivity contribution in [1.82, 2.24) is 9.80 Å². The molecule has 3 fully saturated rings. The van der Waals surface area contributed by atoms with Gasteiger partial charge in [0.05, 0.1) is 55.2 Å². The van der Waals surface area contributed by atoms with Gasteiger partial charge in [0.1, 0.15) is 18.5 Å². The van der Waals surface area contributed by atoms with E-state index in [-0.39, 0.29) is 31.6 Å². The second kappa shape index (κ2) is 26.6. The maximum Gasteiger partial charge on any atom is 0.308 e. The Morgan fingerprint density at radius 1 is 0.970 bits per heavy atom. The van der Waals surface area contributed by atoms with Gasteiger partial charge in [0.2, 0.25) is 0 Å². The van der Waals surface area contributed by atoms with Crippen molar-refractivity contribution in [1.29, 1.82) is 0 Å². The number of methoxy groups -OCH3 is 1. The molecule has 0 unspecified atom stereocenters. The monoisotopic (exact) mass is 935 g/mol. The minimum atomic E-state index is -1.40. The number of carbonyl (C=O) groups excluding carboxylic acids is 4. The topological polar surface area (TPSA) is 200 Å². The second-order valence-corrected chi connectivity index (χ2v) is 19.5. The number of nitrogens with zero attached hydrogens (tertiary/aromatic N) is 2. The fraction of sp³-hybridized carbons (Fsp3) is 0.800. The predicted octanol–water partition coefficient (Wildman–Crippen LogP) is 4.64. The maximum atomic E-state index is 13.4. The molecule has 1 aromatic carbocycles. The quantitative estimate of drug-likeness (QED) is 0.0844. The van der Waals surface area contributed by atoms with Crippen LogP contribution in [0.3, 0.4) is 0 Å². The Kier molecular flexibility index (Phi) is 22.4. The lowest BCUT2D eigenvalue weighted by Gasteiger charge is -2.53. The fourth-order valence-electron chi connectivity index (χ4n) is 10.3. The largest absolute Gasteiger partial charge is 0.463 e. The summed E-state index contributed by atoms with van der Waals surface area (Å²) in [6, 6.07) is 9.56. The van der Waals surface area contributed by atoms with Crippen LogP contribution in [0.15, 0.2) is 30.3 Å². The van der Waals surface area contributed by atoms with Crippen LogP contribution in [0.5, 0.6) is 0 Å². The number of ether oxygens (including phenoxy) is 7. The zero-order valence-electron chi connectivity index (χ0n) is 41.3. The molecule has 0 aromatic heterocycles. The van der Waals surface area contributed by atoms with Crippen molar-refractivity contribution < 1.29 is 67.7 Å². The van der Waals surface area contributed by atoms with Crippen molar-refractivity contribution in [3.63, 3.8) is 0 Å². The van der Waals surface area contributed by atoms with E-state index < -0.39 is 115 Å². The maximum absolute atomic E-state index is 13.4. The van der Waals surface area contributed by atoms with Crippen LogP contribution < -0.4 is 0 Å². The first-order chi connectivity index (χ1) is 31.4. The highest BCUT2D eigenvalue weighted by molar-refractivity contribution is 5.71. The first-order valence-electron chi connectivity index (χ1n) is 24.4. The Balaban J connectivity index is 1.64. The Hall–Kier alpha value is -3.06. The van der Waals surface area contributed by atoms with Crippen LogP contribution >= 0.6 is 0 Å². The van der Waals surface area contributed by atoms with Crippen LogP contribution in [0.1, 0.15) is 118 Å². The lowest BCUT2D eigenvalue weighted by atomic mass is 9.71. The van der Waals surface area contributed by atoms with Gasteiger partial charge in [-0.1, -0.05) is 51.1 Å². The number of esters is 3. The lowest BCUT2D eigenvalue weighted by molar-refractivity contribution is -0.319. The molecule has 376 valence electrons.